The van der Waals surface area contributed by atoms with Crippen LogP contribution in [0.5, 0.6) is 0 Å². The Morgan fingerprint density at radius 1 is 1.28 bits per heavy atom. The molecule has 0 aliphatic heterocycles. The quantitative estimate of drug-likeness (QED) is 0.871. The van der Waals surface area contributed by atoms with E-state index in [0.717, 1.165) is 11.8 Å². The van der Waals surface area contributed by atoms with Crippen molar-refractivity contribution in [3.63, 3.8) is 0 Å². The minimum Gasteiger partial charge on any atom is -0.334 e. The van der Waals surface area contributed by atoms with Crippen molar-refractivity contribution in [2.75, 3.05) is 17.3 Å². The zero-order chi connectivity index (χ0) is 13.8. The highest BCUT2D eigenvalue weighted by atomic mass is 32.2. The van der Waals surface area contributed by atoms with Gasteiger partial charge in [0.25, 0.3) is 0 Å². The summed E-state index contributed by atoms with van der Waals surface area (Å²) in [5.41, 5.74) is 1.77. The van der Waals surface area contributed by atoms with E-state index < -0.39 is 21.9 Å². The van der Waals surface area contributed by atoms with E-state index in [4.69, 9.17) is 0 Å². The van der Waals surface area contributed by atoms with Crippen molar-refractivity contribution < 1.29 is 13.2 Å². The lowest BCUT2D eigenvalue weighted by molar-refractivity contribution is 0.250. The first-order chi connectivity index (χ1) is 8.26. The molecule has 1 aromatic carbocycles. The van der Waals surface area contributed by atoms with Crippen molar-refractivity contribution >= 4 is 21.6 Å². The van der Waals surface area contributed by atoms with E-state index >= 15 is 0 Å². The molecule has 1 atom stereocenters. The molecular formula is C12H18N2O3S. The lowest BCUT2D eigenvalue weighted by Crippen LogP contribution is -2.39. The highest BCUT2D eigenvalue weighted by molar-refractivity contribution is 7.90. The third-order valence-electron chi connectivity index (χ3n) is 2.24. The van der Waals surface area contributed by atoms with Crippen molar-refractivity contribution in [2.45, 2.75) is 19.9 Å². The van der Waals surface area contributed by atoms with Gasteiger partial charge in [0.15, 0.2) is 0 Å². The maximum Gasteiger partial charge on any atom is 0.319 e. The second-order valence-electron chi connectivity index (χ2n) is 4.46. The molecule has 1 aromatic rings. The van der Waals surface area contributed by atoms with Gasteiger partial charge in [0, 0.05) is 18.0 Å². The summed E-state index contributed by atoms with van der Waals surface area (Å²) < 4.78 is 22.1. The summed E-state index contributed by atoms with van der Waals surface area (Å²) in [4.78, 5) is 11.6. The Morgan fingerprint density at radius 2 is 1.83 bits per heavy atom. The Kier molecular flexibility index (Phi) is 4.72. The molecule has 0 saturated carbocycles. The number of aryl methyl sites for hydroxylation is 1. The summed E-state index contributed by atoms with van der Waals surface area (Å²) in [6.07, 6.45) is 1.14. The van der Waals surface area contributed by atoms with Gasteiger partial charge in [-0.15, -0.1) is 0 Å². The maximum atomic E-state index is 11.6. The van der Waals surface area contributed by atoms with Crippen molar-refractivity contribution in [1.82, 2.24) is 5.32 Å². The van der Waals surface area contributed by atoms with Crippen molar-refractivity contribution in [3.8, 4) is 0 Å². The van der Waals surface area contributed by atoms with Crippen LogP contribution in [0.3, 0.4) is 0 Å². The zero-order valence-corrected chi connectivity index (χ0v) is 11.5. The number of rotatable bonds is 4. The van der Waals surface area contributed by atoms with Crippen molar-refractivity contribution in [3.05, 3.63) is 29.8 Å². The minimum atomic E-state index is -3.09. The fourth-order valence-corrected chi connectivity index (χ4v) is 2.52. The summed E-state index contributed by atoms with van der Waals surface area (Å²) in [5, 5.41) is 5.21. The van der Waals surface area contributed by atoms with E-state index in [1.54, 1.807) is 19.1 Å². The van der Waals surface area contributed by atoms with Gasteiger partial charge in [0.2, 0.25) is 0 Å². The van der Waals surface area contributed by atoms with Gasteiger partial charge in [-0.3, -0.25) is 0 Å². The Balaban J connectivity index is 2.49. The predicted octanol–water partition coefficient (Wildman–Crippen LogP) is 1.55. The van der Waals surface area contributed by atoms with Gasteiger partial charge in [-0.05, 0) is 26.0 Å². The molecule has 0 spiro atoms. The molecule has 2 N–H and O–H groups in total. The Hall–Kier alpha value is -1.56. The first-order valence-electron chi connectivity index (χ1n) is 5.58. The molecule has 0 aliphatic rings. The zero-order valence-electron chi connectivity index (χ0n) is 10.7. The number of nitrogens with one attached hydrogen (secondary N) is 2. The van der Waals surface area contributed by atoms with Crippen molar-refractivity contribution in [2.24, 2.45) is 0 Å². The van der Waals surface area contributed by atoms with Crippen LogP contribution in [-0.4, -0.2) is 32.5 Å². The molecule has 0 saturated heterocycles. The molecule has 6 heteroatoms. The van der Waals surface area contributed by atoms with Crippen LogP contribution in [0.1, 0.15) is 12.5 Å². The average molecular weight is 270 g/mol. The Morgan fingerprint density at radius 3 is 2.33 bits per heavy atom. The monoisotopic (exact) mass is 270 g/mol. The number of hydrogen-bond acceptors (Lipinski definition) is 3. The molecule has 0 radical (unpaired) electrons. The summed E-state index contributed by atoms with van der Waals surface area (Å²) in [6.45, 7) is 3.60. The first-order valence-corrected chi connectivity index (χ1v) is 7.64. The second-order valence-corrected chi connectivity index (χ2v) is 6.64. The van der Waals surface area contributed by atoms with Gasteiger partial charge >= 0.3 is 6.03 Å². The molecule has 1 unspecified atom stereocenters. The van der Waals surface area contributed by atoms with Crippen LogP contribution < -0.4 is 10.6 Å². The molecule has 0 aromatic heterocycles. The molecule has 0 heterocycles. The molecule has 0 bridgehead atoms. The number of benzene rings is 1. The molecule has 100 valence electrons. The van der Waals surface area contributed by atoms with E-state index in [0.29, 0.717) is 5.69 Å². The fourth-order valence-electron chi connectivity index (χ4n) is 1.52. The van der Waals surface area contributed by atoms with E-state index in [9.17, 15) is 13.2 Å². The van der Waals surface area contributed by atoms with Crippen LogP contribution in [0.25, 0.3) is 0 Å². The molecular weight excluding hydrogens is 252 g/mol. The molecule has 18 heavy (non-hydrogen) atoms. The Bertz CT molecular complexity index is 509. The molecule has 0 aliphatic carbocycles. The summed E-state index contributed by atoms with van der Waals surface area (Å²) in [5.74, 6) is -0.0751. The molecule has 1 rings (SSSR count). The van der Waals surface area contributed by atoms with Crippen LogP contribution in [-0.2, 0) is 9.84 Å². The number of anilines is 1. The smallest absolute Gasteiger partial charge is 0.319 e. The van der Waals surface area contributed by atoms with Gasteiger partial charge in [0.1, 0.15) is 9.84 Å². The van der Waals surface area contributed by atoms with Crippen LogP contribution >= 0.6 is 0 Å². The largest absolute Gasteiger partial charge is 0.334 e. The summed E-state index contributed by atoms with van der Waals surface area (Å²) in [6, 6.07) is 6.51. The van der Waals surface area contributed by atoms with Crippen molar-refractivity contribution in [1.29, 1.82) is 0 Å². The third-order valence-corrected chi connectivity index (χ3v) is 3.35. The standard InChI is InChI=1S/C12H18N2O3S/c1-9-4-6-11(7-5-9)14-12(15)13-10(2)8-18(3,16)17/h4-7,10H,8H2,1-3H3,(H2,13,14,15). The van der Waals surface area contributed by atoms with Crippen LogP contribution in [0.15, 0.2) is 24.3 Å². The maximum absolute atomic E-state index is 11.6. The highest BCUT2D eigenvalue weighted by Crippen LogP contribution is 2.08. The molecule has 0 fully saturated rings. The van der Waals surface area contributed by atoms with E-state index in [-0.39, 0.29) is 5.75 Å². The first kappa shape index (κ1) is 14.5. The van der Waals surface area contributed by atoms with Crippen LogP contribution in [0.4, 0.5) is 10.5 Å². The summed E-state index contributed by atoms with van der Waals surface area (Å²) >= 11 is 0. The second kappa shape index (κ2) is 5.86. The van der Waals surface area contributed by atoms with E-state index in [1.807, 2.05) is 19.1 Å². The highest BCUT2D eigenvalue weighted by Gasteiger charge is 2.12. The van der Waals surface area contributed by atoms with Gasteiger partial charge < -0.3 is 10.6 Å². The number of hydrogen-bond donors (Lipinski definition) is 2. The SMILES string of the molecule is Cc1ccc(NC(=O)NC(C)CS(C)(=O)=O)cc1. The number of amides is 2. The molecule has 2 amide bonds. The normalized spacial score (nSPS) is 12.8. The lowest BCUT2D eigenvalue weighted by Gasteiger charge is -2.13. The molecule has 5 nitrogen and oxygen atoms in total. The topological polar surface area (TPSA) is 75.3 Å². The minimum absolute atomic E-state index is 0.0751. The van der Waals surface area contributed by atoms with E-state index in [1.165, 1.54) is 0 Å². The summed E-state index contributed by atoms with van der Waals surface area (Å²) in [7, 11) is -3.09. The van der Waals surface area contributed by atoms with E-state index in [2.05, 4.69) is 10.6 Å². The third kappa shape index (κ3) is 5.67. The van der Waals surface area contributed by atoms with Crippen LogP contribution in [0.2, 0.25) is 0 Å². The average Bonchev–Trinajstić information content (AvgIpc) is 2.18. The number of carbonyl (C=O) groups is 1. The lowest BCUT2D eigenvalue weighted by atomic mass is 10.2. The van der Waals surface area contributed by atoms with Gasteiger partial charge in [-0.2, -0.15) is 0 Å². The number of urea groups is 1. The van der Waals surface area contributed by atoms with Crippen LogP contribution in [0, 0.1) is 6.92 Å². The number of sulfone groups is 1. The predicted molar refractivity (Wildman–Crippen MR) is 72.5 cm³/mol. The Labute approximate surface area is 108 Å². The number of carbonyl (C=O) groups excluding carboxylic acids is 1. The fraction of sp³-hybridized carbons (Fsp3) is 0.417. The van der Waals surface area contributed by atoms with Gasteiger partial charge in [-0.1, -0.05) is 17.7 Å². The van der Waals surface area contributed by atoms with Gasteiger partial charge in [-0.25, -0.2) is 13.2 Å². The van der Waals surface area contributed by atoms with Gasteiger partial charge in [0.05, 0.1) is 5.75 Å².